The Labute approximate surface area is 98.3 Å². The zero-order chi connectivity index (χ0) is 11.8. The van der Waals surface area contributed by atoms with Crippen LogP contribution in [0.1, 0.15) is 5.56 Å². The van der Waals surface area contributed by atoms with E-state index in [0.717, 1.165) is 5.57 Å². The van der Waals surface area contributed by atoms with Gasteiger partial charge in [-0.3, -0.25) is 0 Å². The van der Waals surface area contributed by atoms with Gasteiger partial charge in [-0.1, -0.05) is 24.3 Å². The van der Waals surface area contributed by atoms with Crippen LogP contribution in [0.5, 0.6) is 11.5 Å². The second-order valence-corrected chi connectivity index (χ2v) is 3.85. The van der Waals surface area contributed by atoms with Crippen LogP contribution in [0.15, 0.2) is 59.9 Å². The SMILES string of the molecule is OC1=CC(=C2C=CC=C2)Oc2ccc(O)cc21. The minimum absolute atomic E-state index is 0.0957. The molecule has 17 heavy (non-hydrogen) atoms. The lowest BCUT2D eigenvalue weighted by atomic mass is 10.1. The molecular weight excluding hydrogens is 216 g/mol. The molecule has 0 saturated carbocycles. The average molecular weight is 226 g/mol. The highest BCUT2D eigenvalue weighted by Crippen LogP contribution is 2.35. The summed E-state index contributed by atoms with van der Waals surface area (Å²) in [7, 11) is 0. The van der Waals surface area contributed by atoms with Gasteiger partial charge in [0.2, 0.25) is 0 Å². The fraction of sp³-hybridized carbons (Fsp3) is 0. The molecule has 0 radical (unpaired) electrons. The van der Waals surface area contributed by atoms with Crippen molar-refractivity contribution in [3.8, 4) is 11.5 Å². The first-order chi connectivity index (χ1) is 8.24. The maximum Gasteiger partial charge on any atom is 0.138 e. The standard InChI is InChI=1S/C14H10O3/c15-10-5-6-13-11(7-10)12(16)8-14(17-13)9-3-1-2-4-9/h1-8,15-16H. The van der Waals surface area contributed by atoms with Gasteiger partial charge in [0.25, 0.3) is 0 Å². The van der Waals surface area contributed by atoms with Crippen molar-refractivity contribution in [2.45, 2.75) is 0 Å². The van der Waals surface area contributed by atoms with Crippen molar-refractivity contribution in [2.75, 3.05) is 0 Å². The Kier molecular flexibility index (Phi) is 2.05. The number of benzene rings is 1. The van der Waals surface area contributed by atoms with E-state index in [0.29, 0.717) is 17.1 Å². The van der Waals surface area contributed by atoms with Gasteiger partial charge in [0.1, 0.15) is 23.0 Å². The van der Waals surface area contributed by atoms with Crippen LogP contribution in [0.4, 0.5) is 0 Å². The Balaban J connectivity index is 2.12. The van der Waals surface area contributed by atoms with E-state index < -0.39 is 0 Å². The lowest BCUT2D eigenvalue weighted by Gasteiger charge is -2.18. The van der Waals surface area contributed by atoms with Crippen LogP contribution in [-0.4, -0.2) is 10.2 Å². The number of phenols is 1. The smallest absolute Gasteiger partial charge is 0.138 e. The van der Waals surface area contributed by atoms with Crippen LogP contribution in [-0.2, 0) is 0 Å². The molecule has 0 spiro atoms. The van der Waals surface area contributed by atoms with Gasteiger partial charge in [-0.2, -0.15) is 0 Å². The van der Waals surface area contributed by atoms with E-state index in [4.69, 9.17) is 4.74 Å². The molecule has 0 fully saturated rings. The van der Waals surface area contributed by atoms with Gasteiger partial charge in [-0.15, -0.1) is 0 Å². The van der Waals surface area contributed by atoms with Gasteiger partial charge in [0.15, 0.2) is 0 Å². The molecule has 1 aromatic carbocycles. The molecule has 1 aliphatic heterocycles. The van der Waals surface area contributed by atoms with Gasteiger partial charge in [0.05, 0.1) is 5.56 Å². The molecule has 0 bridgehead atoms. The Morgan fingerprint density at radius 2 is 1.76 bits per heavy atom. The van der Waals surface area contributed by atoms with Gasteiger partial charge in [0, 0.05) is 11.6 Å². The first-order valence-corrected chi connectivity index (χ1v) is 5.25. The number of allylic oxidation sites excluding steroid dienone is 6. The third kappa shape index (κ3) is 1.61. The Morgan fingerprint density at radius 1 is 1.00 bits per heavy atom. The van der Waals surface area contributed by atoms with Crippen LogP contribution in [0.3, 0.4) is 0 Å². The van der Waals surface area contributed by atoms with E-state index >= 15 is 0 Å². The van der Waals surface area contributed by atoms with E-state index in [1.165, 1.54) is 12.1 Å². The number of ether oxygens (including phenoxy) is 1. The molecule has 3 nitrogen and oxygen atoms in total. The molecular formula is C14H10O3. The van der Waals surface area contributed by atoms with E-state index in [1.807, 2.05) is 24.3 Å². The highest BCUT2D eigenvalue weighted by Gasteiger charge is 2.18. The predicted molar refractivity (Wildman–Crippen MR) is 64.6 cm³/mol. The molecule has 0 atom stereocenters. The summed E-state index contributed by atoms with van der Waals surface area (Å²) in [5.74, 6) is 1.34. The first kappa shape index (κ1) is 9.78. The Morgan fingerprint density at radius 3 is 2.53 bits per heavy atom. The highest BCUT2D eigenvalue weighted by molar-refractivity contribution is 5.71. The van der Waals surface area contributed by atoms with Crippen molar-refractivity contribution in [3.05, 3.63) is 65.5 Å². The third-order valence-electron chi connectivity index (χ3n) is 2.67. The number of aliphatic hydroxyl groups excluding tert-OH is 1. The predicted octanol–water partition coefficient (Wildman–Crippen LogP) is 3.06. The molecule has 0 unspecified atom stereocenters. The number of rotatable bonds is 0. The highest BCUT2D eigenvalue weighted by atomic mass is 16.5. The summed E-state index contributed by atoms with van der Waals surface area (Å²) in [6.45, 7) is 0. The summed E-state index contributed by atoms with van der Waals surface area (Å²) >= 11 is 0. The number of aliphatic hydroxyl groups is 1. The number of hydrogen-bond acceptors (Lipinski definition) is 3. The number of hydrogen-bond donors (Lipinski definition) is 2. The summed E-state index contributed by atoms with van der Waals surface area (Å²) in [4.78, 5) is 0. The van der Waals surface area contributed by atoms with Crippen molar-refractivity contribution >= 4 is 5.76 Å². The summed E-state index contributed by atoms with van der Waals surface area (Å²) in [5.41, 5.74) is 1.41. The number of fused-ring (bicyclic) bond motifs is 1. The zero-order valence-corrected chi connectivity index (χ0v) is 8.92. The lowest BCUT2D eigenvalue weighted by Crippen LogP contribution is -2.04. The summed E-state index contributed by atoms with van der Waals surface area (Å²) in [6, 6.07) is 4.64. The number of aromatic hydroxyl groups is 1. The molecule has 3 heteroatoms. The minimum atomic E-state index is 0.0957. The second kappa shape index (κ2) is 3.56. The summed E-state index contributed by atoms with van der Waals surface area (Å²) in [5, 5.41) is 19.3. The molecule has 0 aromatic heterocycles. The molecule has 2 aliphatic rings. The molecule has 0 amide bonds. The van der Waals surface area contributed by atoms with E-state index in [9.17, 15) is 10.2 Å². The average Bonchev–Trinajstić information content (AvgIpc) is 2.83. The third-order valence-corrected chi connectivity index (χ3v) is 2.67. The van der Waals surface area contributed by atoms with Crippen molar-refractivity contribution < 1.29 is 14.9 Å². The molecule has 3 rings (SSSR count). The Hall–Kier alpha value is -2.42. The topological polar surface area (TPSA) is 49.7 Å². The molecule has 1 heterocycles. The second-order valence-electron chi connectivity index (χ2n) is 3.85. The molecule has 84 valence electrons. The van der Waals surface area contributed by atoms with E-state index in [-0.39, 0.29) is 11.5 Å². The first-order valence-electron chi connectivity index (χ1n) is 5.25. The molecule has 2 N–H and O–H groups in total. The summed E-state index contributed by atoms with van der Waals surface area (Å²) in [6.07, 6.45) is 9.18. The minimum Gasteiger partial charge on any atom is -0.508 e. The van der Waals surface area contributed by atoms with Crippen LogP contribution in [0.25, 0.3) is 5.76 Å². The fourth-order valence-corrected chi connectivity index (χ4v) is 1.84. The molecule has 1 aromatic rings. The van der Waals surface area contributed by atoms with Gasteiger partial charge < -0.3 is 14.9 Å². The fourth-order valence-electron chi connectivity index (χ4n) is 1.84. The monoisotopic (exact) mass is 226 g/mol. The van der Waals surface area contributed by atoms with Crippen molar-refractivity contribution in [2.24, 2.45) is 0 Å². The van der Waals surface area contributed by atoms with Gasteiger partial charge >= 0.3 is 0 Å². The maximum absolute atomic E-state index is 9.90. The number of phenolic OH excluding ortho intramolecular Hbond substituents is 1. The Bertz CT molecular complexity index is 590. The van der Waals surface area contributed by atoms with Crippen molar-refractivity contribution in [1.82, 2.24) is 0 Å². The molecule has 1 aliphatic carbocycles. The lowest BCUT2D eigenvalue weighted by molar-refractivity contribution is 0.412. The van der Waals surface area contributed by atoms with Crippen molar-refractivity contribution in [3.63, 3.8) is 0 Å². The van der Waals surface area contributed by atoms with Crippen LogP contribution in [0.2, 0.25) is 0 Å². The van der Waals surface area contributed by atoms with Crippen LogP contribution in [0, 0.1) is 0 Å². The zero-order valence-electron chi connectivity index (χ0n) is 8.92. The maximum atomic E-state index is 9.90. The quantitative estimate of drug-likeness (QED) is 0.714. The normalized spacial score (nSPS) is 16.8. The van der Waals surface area contributed by atoms with Gasteiger partial charge in [-0.25, -0.2) is 0 Å². The van der Waals surface area contributed by atoms with Crippen LogP contribution >= 0.6 is 0 Å². The van der Waals surface area contributed by atoms with E-state index in [2.05, 4.69) is 0 Å². The van der Waals surface area contributed by atoms with Crippen LogP contribution < -0.4 is 4.74 Å². The summed E-state index contributed by atoms with van der Waals surface area (Å²) < 4.78 is 5.67. The van der Waals surface area contributed by atoms with Gasteiger partial charge in [-0.05, 0) is 18.2 Å². The van der Waals surface area contributed by atoms with Crippen molar-refractivity contribution in [1.29, 1.82) is 0 Å². The van der Waals surface area contributed by atoms with E-state index in [1.54, 1.807) is 12.1 Å². The molecule has 0 saturated heterocycles. The largest absolute Gasteiger partial charge is 0.508 e.